The van der Waals surface area contributed by atoms with E-state index < -0.39 is 5.97 Å². The fraction of sp³-hybridized carbons (Fsp3) is 0.179. The smallest absolute Gasteiger partial charge is 0.309 e. The number of para-hydroxylation sites is 1. The Hall–Kier alpha value is -4.59. The number of amides is 1. The first-order valence-corrected chi connectivity index (χ1v) is 11.6. The fourth-order valence-corrected chi connectivity index (χ4v) is 4.03. The van der Waals surface area contributed by atoms with Crippen LogP contribution in [0.3, 0.4) is 0 Å². The summed E-state index contributed by atoms with van der Waals surface area (Å²) in [6, 6.07) is 22.0. The highest BCUT2D eigenvalue weighted by Crippen LogP contribution is 2.39. The summed E-state index contributed by atoms with van der Waals surface area (Å²) in [5.41, 5.74) is 4.22. The summed E-state index contributed by atoms with van der Waals surface area (Å²) in [4.78, 5) is 24.8. The third kappa shape index (κ3) is 4.53. The summed E-state index contributed by atoms with van der Waals surface area (Å²) < 4.78 is 18.0. The van der Waals surface area contributed by atoms with Crippen LogP contribution in [0.15, 0.2) is 72.8 Å². The number of ether oxygens (including phenoxy) is 3. The number of hydrogen-bond acceptors (Lipinski definition) is 6. The second-order valence-corrected chi connectivity index (χ2v) is 8.66. The first-order valence-electron chi connectivity index (χ1n) is 11.6. The van der Waals surface area contributed by atoms with E-state index in [2.05, 4.69) is 5.32 Å². The molecule has 0 aliphatic carbocycles. The van der Waals surface area contributed by atoms with Crippen molar-refractivity contribution < 1.29 is 23.8 Å². The van der Waals surface area contributed by atoms with E-state index in [1.807, 2.05) is 68.4 Å². The van der Waals surface area contributed by atoms with E-state index in [0.717, 1.165) is 22.5 Å². The van der Waals surface area contributed by atoms with Gasteiger partial charge in [-0.3, -0.25) is 9.59 Å². The summed E-state index contributed by atoms with van der Waals surface area (Å²) in [6.07, 6.45) is 0. The van der Waals surface area contributed by atoms with Gasteiger partial charge >= 0.3 is 5.97 Å². The Morgan fingerprint density at radius 3 is 2.39 bits per heavy atom. The number of rotatable bonds is 6. The Labute approximate surface area is 208 Å². The first kappa shape index (κ1) is 23.2. The molecule has 8 heteroatoms. The highest BCUT2D eigenvalue weighted by molar-refractivity contribution is 6.04. The second kappa shape index (κ2) is 9.58. The van der Waals surface area contributed by atoms with E-state index in [0.29, 0.717) is 28.6 Å². The zero-order valence-electron chi connectivity index (χ0n) is 20.1. The number of fused-ring (bicyclic) bond motifs is 1. The summed E-state index contributed by atoms with van der Waals surface area (Å²) in [7, 11) is 0. The number of hydrogen-bond donors (Lipinski definition) is 1. The number of anilines is 1. The molecule has 4 aromatic rings. The van der Waals surface area contributed by atoms with Crippen LogP contribution in [0.5, 0.6) is 17.4 Å². The number of carbonyl (C=O) groups excluding carboxylic acids is 2. The summed E-state index contributed by atoms with van der Waals surface area (Å²) in [5, 5.41) is 7.70. The average molecular weight is 484 g/mol. The molecule has 1 N–H and O–H groups in total. The quantitative estimate of drug-likeness (QED) is 0.361. The predicted octanol–water partition coefficient (Wildman–Crippen LogP) is 5.57. The molecule has 1 aromatic heterocycles. The molecule has 5 rings (SSSR count). The minimum absolute atomic E-state index is 0.0738. The van der Waals surface area contributed by atoms with Crippen molar-refractivity contribution in [2.75, 3.05) is 12.1 Å². The summed E-state index contributed by atoms with van der Waals surface area (Å²) in [6.45, 7) is 5.60. The minimum atomic E-state index is -0.434. The van der Waals surface area contributed by atoms with Gasteiger partial charge in [0.25, 0.3) is 5.91 Å². The molecule has 0 radical (unpaired) electrons. The minimum Gasteiger partial charge on any atom is -0.454 e. The van der Waals surface area contributed by atoms with Gasteiger partial charge in [-0.25, -0.2) is 0 Å². The molecule has 1 aliphatic heterocycles. The van der Waals surface area contributed by atoms with E-state index in [9.17, 15) is 9.59 Å². The van der Waals surface area contributed by atoms with Gasteiger partial charge in [0.15, 0.2) is 11.5 Å². The van der Waals surface area contributed by atoms with Crippen LogP contribution in [0.25, 0.3) is 16.8 Å². The fourth-order valence-electron chi connectivity index (χ4n) is 4.03. The van der Waals surface area contributed by atoms with Crippen LogP contribution >= 0.6 is 0 Å². The van der Waals surface area contributed by atoms with Crippen molar-refractivity contribution >= 4 is 17.6 Å². The van der Waals surface area contributed by atoms with Crippen LogP contribution in [0.1, 0.15) is 42.7 Å². The first-order chi connectivity index (χ1) is 17.4. The van der Waals surface area contributed by atoms with E-state index >= 15 is 0 Å². The van der Waals surface area contributed by atoms with Gasteiger partial charge in [-0.15, -0.1) is 0 Å². The van der Waals surface area contributed by atoms with Crippen LogP contribution in [0.4, 0.5) is 5.69 Å². The standard InChI is InChI=1S/C28H25N3O5/c1-17(2)26-25(28(36-18(3)32)31(30-26)22-7-5-4-6-8-22)19-9-12-21(13-10-19)29-27(33)20-11-14-23-24(15-20)35-16-34-23/h4-15,17H,16H2,1-3H3,(H,29,33). The van der Waals surface area contributed by atoms with Crippen LogP contribution in [-0.2, 0) is 4.79 Å². The van der Waals surface area contributed by atoms with E-state index in [-0.39, 0.29) is 18.6 Å². The number of nitrogens with zero attached hydrogens (tertiary/aromatic N) is 2. The van der Waals surface area contributed by atoms with Crippen molar-refractivity contribution in [2.24, 2.45) is 0 Å². The number of carbonyl (C=O) groups is 2. The zero-order chi connectivity index (χ0) is 25.2. The topological polar surface area (TPSA) is 91.7 Å². The van der Waals surface area contributed by atoms with Crippen LogP contribution < -0.4 is 19.5 Å². The molecule has 2 heterocycles. The Kier molecular flexibility index (Phi) is 6.16. The van der Waals surface area contributed by atoms with Crippen molar-refractivity contribution in [2.45, 2.75) is 26.7 Å². The molecule has 0 spiro atoms. The predicted molar refractivity (Wildman–Crippen MR) is 135 cm³/mol. The maximum Gasteiger partial charge on any atom is 0.309 e. The van der Waals surface area contributed by atoms with Gasteiger partial charge in [0.05, 0.1) is 16.9 Å². The van der Waals surface area contributed by atoms with Gasteiger partial charge in [-0.05, 0) is 53.9 Å². The van der Waals surface area contributed by atoms with Crippen LogP contribution in [0.2, 0.25) is 0 Å². The highest BCUT2D eigenvalue weighted by Gasteiger charge is 2.25. The lowest BCUT2D eigenvalue weighted by Crippen LogP contribution is -2.11. The van der Waals surface area contributed by atoms with E-state index in [4.69, 9.17) is 19.3 Å². The zero-order valence-corrected chi connectivity index (χ0v) is 20.1. The average Bonchev–Trinajstić information content (AvgIpc) is 3.49. The van der Waals surface area contributed by atoms with Crippen LogP contribution in [0, 0.1) is 0 Å². The normalized spacial score (nSPS) is 12.0. The molecule has 0 saturated heterocycles. The van der Waals surface area contributed by atoms with Gasteiger partial charge in [0.2, 0.25) is 12.7 Å². The lowest BCUT2D eigenvalue weighted by atomic mass is 9.99. The van der Waals surface area contributed by atoms with Crippen molar-refractivity contribution in [1.82, 2.24) is 9.78 Å². The van der Waals surface area contributed by atoms with Gasteiger partial charge < -0.3 is 19.5 Å². The molecule has 0 atom stereocenters. The number of aromatic nitrogens is 2. The SMILES string of the molecule is CC(=O)Oc1c(-c2ccc(NC(=O)c3ccc4c(c3)OCO4)cc2)c(C(C)C)nn1-c1ccccc1. The Bertz CT molecular complexity index is 1430. The molecule has 0 bridgehead atoms. The monoisotopic (exact) mass is 483 g/mol. The molecule has 0 fully saturated rings. The molecule has 1 amide bonds. The largest absolute Gasteiger partial charge is 0.454 e. The Morgan fingerprint density at radius 1 is 0.972 bits per heavy atom. The van der Waals surface area contributed by atoms with Gasteiger partial charge in [0.1, 0.15) is 0 Å². The highest BCUT2D eigenvalue weighted by atomic mass is 16.7. The van der Waals surface area contributed by atoms with Gasteiger partial charge in [-0.1, -0.05) is 44.2 Å². The Morgan fingerprint density at radius 2 is 1.69 bits per heavy atom. The maximum atomic E-state index is 12.8. The van der Waals surface area contributed by atoms with Crippen molar-refractivity contribution in [3.8, 4) is 34.2 Å². The van der Waals surface area contributed by atoms with E-state index in [1.165, 1.54) is 6.92 Å². The van der Waals surface area contributed by atoms with Crippen molar-refractivity contribution in [1.29, 1.82) is 0 Å². The number of esters is 1. The molecule has 182 valence electrons. The molecule has 36 heavy (non-hydrogen) atoms. The molecular weight excluding hydrogens is 458 g/mol. The number of benzene rings is 3. The Balaban J connectivity index is 1.47. The van der Waals surface area contributed by atoms with Gasteiger partial charge in [-0.2, -0.15) is 9.78 Å². The lowest BCUT2D eigenvalue weighted by molar-refractivity contribution is -0.132. The third-order valence-corrected chi connectivity index (χ3v) is 5.72. The van der Waals surface area contributed by atoms with Crippen molar-refractivity contribution in [3.05, 3.63) is 84.1 Å². The third-order valence-electron chi connectivity index (χ3n) is 5.72. The number of nitrogens with one attached hydrogen (secondary N) is 1. The summed E-state index contributed by atoms with van der Waals surface area (Å²) >= 11 is 0. The lowest BCUT2D eigenvalue weighted by Gasteiger charge is -2.11. The second-order valence-electron chi connectivity index (χ2n) is 8.66. The van der Waals surface area contributed by atoms with Crippen LogP contribution in [-0.4, -0.2) is 28.4 Å². The van der Waals surface area contributed by atoms with Crippen molar-refractivity contribution in [3.63, 3.8) is 0 Å². The molecular formula is C28H25N3O5. The van der Waals surface area contributed by atoms with Gasteiger partial charge in [0, 0.05) is 18.2 Å². The molecule has 0 unspecified atom stereocenters. The molecule has 1 aliphatic rings. The van der Waals surface area contributed by atoms with E-state index in [1.54, 1.807) is 22.9 Å². The molecule has 3 aromatic carbocycles. The maximum absolute atomic E-state index is 12.8. The summed E-state index contributed by atoms with van der Waals surface area (Å²) in [5.74, 6) is 0.904. The molecule has 8 nitrogen and oxygen atoms in total. The molecule has 0 saturated carbocycles.